The van der Waals surface area contributed by atoms with E-state index >= 15 is 0 Å². The van der Waals surface area contributed by atoms with Gasteiger partial charge in [0.05, 0.1) is 12.8 Å². The molecule has 0 saturated heterocycles. The molecule has 0 atom stereocenters. The van der Waals surface area contributed by atoms with E-state index < -0.39 is 0 Å². The molecule has 1 saturated carbocycles. The molecule has 2 aromatic rings. The van der Waals surface area contributed by atoms with Crippen LogP contribution in [-0.4, -0.2) is 16.2 Å². The monoisotopic (exact) mass is 264 g/mol. The molecule has 2 amide bonds. The van der Waals surface area contributed by atoms with Gasteiger partial charge in [-0.3, -0.25) is 5.32 Å². The topological polar surface area (TPSA) is 80.0 Å². The molecule has 1 aliphatic rings. The Hall–Kier alpha value is -1.89. The van der Waals surface area contributed by atoms with Gasteiger partial charge in [-0.05, 0) is 25.0 Å². The number of amides is 2. The highest BCUT2D eigenvalue weighted by Gasteiger charge is 2.27. The first-order valence-electron chi connectivity index (χ1n) is 5.72. The van der Waals surface area contributed by atoms with Gasteiger partial charge in [-0.1, -0.05) is 11.3 Å². The van der Waals surface area contributed by atoms with Gasteiger partial charge in [0.1, 0.15) is 10.8 Å². The second-order valence-corrected chi connectivity index (χ2v) is 5.12. The zero-order valence-corrected chi connectivity index (χ0v) is 10.4. The molecule has 6 nitrogen and oxygen atoms in total. The van der Waals surface area contributed by atoms with E-state index in [1.807, 2.05) is 0 Å². The molecule has 0 bridgehead atoms. The van der Waals surface area contributed by atoms with Crippen LogP contribution in [0.25, 0.3) is 0 Å². The maximum atomic E-state index is 11.6. The summed E-state index contributed by atoms with van der Waals surface area (Å²) in [4.78, 5) is 11.6. The molecule has 0 unspecified atom stereocenters. The highest BCUT2D eigenvalue weighted by molar-refractivity contribution is 7.15. The second kappa shape index (κ2) is 4.77. The fraction of sp³-hybridized carbons (Fsp3) is 0.364. The Balaban J connectivity index is 1.50. The van der Waals surface area contributed by atoms with E-state index in [4.69, 9.17) is 4.42 Å². The van der Waals surface area contributed by atoms with Crippen molar-refractivity contribution < 1.29 is 9.21 Å². The largest absolute Gasteiger partial charge is 0.467 e. The summed E-state index contributed by atoms with van der Waals surface area (Å²) in [5.74, 6) is 1.27. The number of carbonyl (C=O) groups is 1. The van der Waals surface area contributed by atoms with E-state index in [0.717, 1.165) is 5.01 Å². The summed E-state index contributed by atoms with van der Waals surface area (Å²) in [6.07, 6.45) is 3.93. The summed E-state index contributed by atoms with van der Waals surface area (Å²) in [6, 6.07) is 3.28. The quantitative estimate of drug-likeness (QED) is 0.888. The first kappa shape index (κ1) is 11.2. The lowest BCUT2D eigenvalue weighted by Crippen LogP contribution is -2.27. The summed E-state index contributed by atoms with van der Waals surface area (Å²) in [5.41, 5.74) is 0. The number of furan rings is 1. The minimum atomic E-state index is -0.301. The lowest BCUT2D eigenvalue weighted by Gasteiger charge is -2.02. The van der Waals surface area contributed by atoms with Crippen LogP contribution < -0.4 is 10.6 Å². The number of hydrogen-bond acceptors (Lipinski definition) is 5. The van der Waals surface area contributed by atoms with E-state index in [9.17, 15) is 4.79 Å². The maximum Gasteiger partial charge on any atom is 0.321 e. The zero-order chi connectivity index (χ0) is 12.4. The van der Waals surface area contributed by atoms with Gasteiger partial charge in [-0.2, -0.15) is 0 Å². The average molecular weight is 264 g/mol. The number of aromatic nitrogens is 2. The van der Waals surface area contributed by atoms with Gasteiger partial charge >= 0.3 is 6.03 Å². The molecular formula is C11H12N4O2S. The van der Waals surface area contributed by atoms with Crippen LogP contribution in [0.5, 0.6) is 0 Å². The molecule has 1 fully saturated rings. The zero-order valence-electron chi connectivity index (χ0n) is 9.55. The number of nitrogens with one attached hydrogen (secondary N) is 2. The SMILES string of the molecule is O=C(NCc1ccco1)Nc1nnc(C2CC2)s1. The Morgan fingerprint density at radius 3 is 3.11 bits per heavy atom. The number of rotatable bonds is 4. The Kier molecular flexibility index (Phi) is 2.97. The maximum absolute atomic E-state index is 11.6. The smallest absolute Gasteiger partial charge is 0.321 e. The van der Waals surface area contributed by atoms with Crippen molar-refractivity contribution in [1.82, 2.24) is 15.5 Å². The van der Waals surface area contributed by atoms with Crippen molar-refractivity contribution in [2.24, 2.45) is 0 Å². The van der Waals surface area contributed by atoms with Crippen molar-refractivity contribution in [2.45, 2.75) is 25.3 Å². The van der Waals surface area contributed by atoms with E-state index in [1.165, 1.54) is 24.2 Å². The highest BCUT2D eigenvalue weighted by Crippen LogP contribution is 2.41. The van der Waals surface area contributed by atoms with Crippen molar-refractivity contribution in [3.05, 3.63) is 29.2 Å². The Morgan fingerprint density at radius 1 is 1.50 bits per heavy atom. The molecule has 3 rings (SSSR count). The van der Waals surface area contributed by atoms with Gasteiger partial charge in [0.25, 0.3) is 0 Å². The molecule has 0 aromatic carbocycles. The van der Waals surface area contributed by atoms with Gasteiger partial charge in [-0.25, -0.2) is 4.79 Å². The molecule has 1 aliphatic carbocycles. The number of hydrogen-bond donors (Lipinski definition) is 2. The van der Waals surface area contributed by atoms with Gasteiger partial charge in [0.15, 0.2) is 0 Å². The van der Waals surface area contributed by atoms with Crippen molar-refractivity contribution in [3.8, 4) is 0 Å². The third-order valence-electron chi connectivity index (χ3n) is 2.59. The fourth-order valence-electron chi connectivity index (χ4n) is 1.50. The third kappa shape index (κ3) is 2.67. The van der Waals surface area contributed by atoms with Crippen LogP contribution in [0, 0.1) is 0 Å². The summed E-state index contributed by atoms with van der Waals surface area (Å²) in [6.45, 7) is 0.354. The van der Waals surface area contributed by atoms with Crippen LogP contribution in [0.2, 0.25) is 0 Å². The number of nitrogens with zero attached hydrogens (tertiary/aromatic N) is 2. The van der Waals surface area contributed by atoms with Gasteiger partial charge in [0.2, 0.25) is 5.13 Å². The van der Waals surface area contributed by atoms with E-state index in [2.05, 4.69) is 20.8 Å². The average Bonchev–Trinajstić information content (AvgIpc) is 2.90. The lowest BCUT2D eigenvalue weighted by molar-refractivity contribution is 0.251. The molecule has 0 spiro atoms. The van der Waals surface area contributed by atoms with Gasteiger partial charge in [-0.15, -0.1) is 10.2 Å². The second-order valence-electron chi connectivity index (χ2n) is 4.11. The molecule has 2 heterocycles. The predicted octanol–water partition coefficient (Wildman–Crippen LogP) is 2.33. The summed E-state index contributed by atoms with van der Waals surface area (Å²) in [7, 11) is 0. The molecule has 0 radical (unpaired) electrons. The predicted molar refractivity (Wildman–Crippen MR) is 66.5 cm³/mol. The summed E-state index contributed by atoms with van der Waals surface area (Å²) < 4.78 is 5.11. The molecule has 18 heavy (non-hydrogen) atoms. The van der Waals surface area contributed by atoms with Crippen molar-refractivity contribution in [2.75, 3.05) is 5.32 Å². The van der Waals surface area contributed by atoms with E-state index in [0.29, 0.717) is 23.4 Å². The van der Waals surface area contributed by atoms with Crippen LogP contribution in [0.1, 0.15) is 29.5 Å². The standard InChI is InChI=1S/C11H12N4O2S/c16-10(12-6-8-2-1-5-17-8)13-11-15-14-9(18-11)7-3-4-7/h1-2,5,7H,3-4,6H2,(H2,12,13,15,16). The van der Waals surface area contributed by atoms with Crippen LogP contribution in [0.3, 0.4) is 0 Å². The molecule has 0 aliphatic heterocycles. The molecule has 2 aromatic heterocycles. The number of carbonyl (C=O) groups excluding carboxylic acids is 1. The highest BCUT2D eigenvalue weighted by atomic mass is 32.1. The van der Waals surface area contributed by atoms with Crippen molar-refractivity contribution >= 4 is 22.5 Å². The number of urea groups is 1. The molecular weight excluding hydrogens is 252 g/mol. The van der Waals surface area contributed by atoms with Crippen LogP contribution in [0.4, 0.5) is 9.93 Å². The molecule has 2 N–H and O–H groups in total. The van der Waals surface area contributed by atoms with Crippen molar-refractivity contribution in [3.63, 3.8) is 0 Å². The Labute approximate surface area is 107 Å². The Morgan fingerprint density at radius 2 is 2.39 bits per heavy atom. The van der Waals surface area contributed by atoms with Gasteiger partial charge in [0, 0.05) is 5.92 Å². The van der Waals surface area contributed by atoms with Crippen molar-refractivity contribution in [1.29, 1.82) is 0 Å². The number of anilines is 1. The fourth-order valence-corrected chi connectivity index (χ4v) is 2.41. The minimum absolute atomic E-state index is 0.301. The summed E-state index contributed by atoms with van der Waals surface area (Å²) in [5, 5.41) is 14.9. The lowest BCUT2D eigenvalue weighted by atomic mass is 10.4. The minimum Gasteiger partial charge on any atom is -0.467 e. The first-order chi connectivity index (χ1) is 8.81. The van der Waals surface area contributed by atoms with Crippen LogP contribution in [0.15, 0.2) is 22.8 Å². The van der Waals surface area contributed by atoms with Crippen LogP contribution >= 0.6 is 11.3 Å². The summed E-state index contributed by atoms with van der Waals surface area (Å²) >= 11 is 1.44. The molecule has 94 valence electrons. The first-order valence-corrected chi connectivity index (χ1v) is 6.53. The Bertz CT molecular complexity index is 533. The third-order valence-corrected chi connectivity index (χ3v) is 3.59. The van der Waals surface area contributed by atoms with E-state index in [-0.39, 0.29) is 6.03 Å². The molecule has 7 heteroatoms. The van der Waals surface area contributed by atoms with E-state index in [1.54, 1.807) is 18.4 Å². The van der Waals surface area contributed by atoms with Gasteiger partial charge < -0.3 is 9.73 Å². The normalized spacial score (nSPS) is 14.4. The van der Waals surface area contributed by atoms with Crippen LogP contribution in [-0.2, 0) is 6.54 Å².